The highest BCUT2D eigenvalue weighted by molar-refractivity contribution is 7.89. The monoisotopic (exact) mass is 287 g/mol. The fourth-order valence-corrected chi connectivity index (χ4v) is 2.60. The molecular weight excluding hydrogens is 270 g/mol. The van der Waals surface area contributed by atoms with Crippen molar-refractivity contribution in [3.63, 3.8) is 0 Å². The highest BCUT2D eigenvalue weighted by Gasteiger charge is 2.25. The number of hydrogen-bond donors (Lipinski definition) is 0. The second-order valence-electron chi connectivity index (χ2n) is 4.62. The Kier molecular flexibility index (Phi) is 4.38. The van der Waals surface area contributed by atoms with Crippen molar-refractivity contribution >= 4 is 16.3 Å². The van der Waals surface area contributed by atoms with E-state index in [1.165, 1.54) is 32.0 Å². The summed E-state index contributed by atoms with van der Waals surface area (Å²) in [6, 6.07) is 2.61. The van der Waals surface area contributed by atoms with Gasteiger partial charge in [-0.25, -0.2) is 8.42 Å². The summed E-state index contributed by atoms with van der Waals surface area (Å²) in [5, 5.41) is -0.223. The average molecular weight is 287 g/mol. The first kappa shape index (κ1) is 14.2. The van der Waals surface area contributed by atoms with Crippen molar-refractivity contribution in [2.24, 2.45) is 5.92 Å². The summed E-state index contributed by atoms with van der Waals surface area (Å²) in [7, 11) is -2.23. The van der Waals surface area contributed by atoms with E-state index in [0.717, 1.165) is 4.31 Å². The zero-order valence-corrected chi connectivity index (χ0v) is 11.6. The number of aldehydes is 1. The van der Waals surface area contributed by atoms with Gasteiger partial charge in [0.1, 0.15) is 0 Å². The lowest BCUT2D eigenvalue weighted by atomic mass is 10.5. The van der Waals surface area contributed by atoms with Crippen LogP contribution in [0.5, 0.6) is 0 Å². The second kappa shape index (κ2) is 5.85. The lowest BCUT2D eigenvalue weighted by molar-refractivity contribution is 0.109. The summed E-state index contributed by atoms with van der Waals surface area (Å²) < 4.78 is 35.6. The van der Waals surface area contributed by atoms with Gasteiger partial charge in [0.05, 0.1) is 6.61 Å². The third-order valence-electron chi connectivity index (χ3n) is 2.98. The lowest BCUT2D eigenvalue weighted by Gasteiger charge is -2.15. The smallest absolute Gasteiger partial charge is 0.276 e. The molecule has 0 atom stereocenters. The Bertz CT molecular complexity index is 532. The van der Waals surface area contributed by atoms with Crippen LogP contribution in [0.15, 0.2) is 21.6 Å². The van der Waals surface area contributed by atoms with E-state index in [1.54, 1.807) is 0 Å². The molecule has 0 aromatic carbocycles. The van der Waals surface area contributed by atoms with Crippen LogP contribution in [0.1, 0.15) is 23.4 Å². The fourth-order valence-electron chi connectivity index (χ4n) is 1.54. The number of carbonyl (C=O) groups is 1. The van der Waals surface area contributed by atoms with E-state index in [9.17, 15) is 13.2 Å². The Morgan fingerprint density at radius 3 is 2.79 bits per heavy atom. The second-order valence-corrected chi connectivity index (χ2v) is 6.60. The van der Waals surface area contributed by atoms with Crippen molar-refractivity contribution in [3.05, 3.63) is 17.9 Å². The molecule has 7 heteroatoms. The van der Waals surface area contributed by atoms with Crippen LogP contribution in [0.2, 0.25) is 0 Å². The number of rotatable bonds is 8. The summed E-state index contributed by atoms with van der Waals surface area (Å²) in [5.74, 6) is 0.652. The molecule has 1 aromatic heterocycles. The SMILES string of the molecule is CN(CCOCC1CC1)S(=O)(=O)c1ccc(C=O)o1. The molecule has 1 aliphatic carbocycles. The number of nitrogens with zero attached hydrogens (tertiary/aromatic N) is 1. The molecule has 0 N–H and O–H groups in total. The van der Waals surface area contributed by atoms with Crippen LogP contribution < -0.4 is 0 Å². The van der Waals surface area contributed by atoms with Gasteiger partial charge in [-0.05, 0) is 30.9 Å². The average Bonchev–Trinajstić information content (AvgIpc) is 3.07. The molecule has 19 heavy (non-hydrogen) atoms. The standard InChI is InChI=1S/C12H17NO5S/c1-13(6-7-17-9-10-2-3-10)19(15,16)12-5-4-11(8-14)18-12/h4-5,8,10H,2-3,6-7,9H2,1H3. The largest absolute Gasteiger partial charge is 0.440 e. The first-order chi connectivity index (χ1) is 9.04. The summed E-state index contributed by atoms with van der Waals surface area (Å²) in [5.41, 5.74) is 0. The van der Waals surface area contributed by atoms with Gasteiger partial charge in [0.15, 0.2) is 12.0 Å². The Morgan fingerprint density at radius 1 is 1.47 bits per heavy atom. The molecule has 1 aromatic rings. The number of likely N-dealkylation sites (N-methyl/N-ethyl adjacent to an activating group) is 1. The number of sulfonamides is 1. The Balaban J connectivity index is 1.87. The van der Waals surface area contributed by atoms with Gasteiger partial charge in [0, 0.05) is 20.2 Å². The Labute approximate surface area is 112 Å². The van der Waals surface area contributed by atoms with Crippen molar-refractivity contribution in [1.82, 2.24) is 4.31 Å². The molecular formula is C12H17NO5S. The first-order valence-electron chi connectivity index (χ1n) is 6.13. The van der Waals surface area contributed by atoms with Crippen LogP contribution in [0.3, 0.4) is 0 Å². The minimum Gasteiger partial charge on any atom is -0.440 e. The number of carbonyl (C=O) groups excluding carboxylic acids is 1. The molecule has 0 radical (unpaired) electrons. The van der Waals surface area contributed by atoms with Crippen molar-refractivity contribution < 1.29 is 22.4 Å². The lowest BCUT2D eigenvalue weighted by Crippen LogP contribution is -2.30. The molecule has 0 spiro atoms. The molecule has 0 aliphatic heterocycles. The van der Waals surface area contributed by atoms with Gasteiger partial charge in [0.25, 0.3) is 10.0 Å². The molecule has 6 nitrogen and oxygen atoms in total. The van der Waals surface area contributed by atoms with E-state index in [0.29, 0.717) is 25.4 Å². The van der Waals surface area contributed by atoms with E-state index in [4.69, 9.17) is 9.15 Å². The molecule has 2 rings (SSSR count). The molecule has 1 aliphatic rings. The van der Waals surface area contributed by atoms with Crippen LogP contribution in [0.25, 0.3) is 0 Å². The van der Waals surface area contributed by atoms with Crippen molar-refractivity contribution in [1.29, 1.82) is 0 Å². The molecule has 0 saturated heterocycles. The fraction of sp³-hybridized carbons (Fsp3) is 0.583. The van der Waals surface area contributed by atoms with Crippen LogP contribution in [-0.2, 0) is 14.8 Å². The van der Waals surface area contributed by atoms with E-state index in [-0.39, 0.29) is 17.4 Å². The van der Waals surface area contributed by atoms with Gasteiger partial charge < -0.3 is 9.15 Å². The van der Waals surface area contributed by atoms with Crippen molar-refractivity contribution in [2.75, 3.05) is 26.8 Å². The van der Waals surface area contributed by atoms with Gasteiger partial charge in [0.2, 0.25) is 5.09 Å². The van der Waals surface area contributed by atoms with Crippen LogP contribution in [0.4, 0.5) is 0 Å². The van der Waals surface area contributed by atoms with Gasteiger partial charge in [-0.2, -0.15) is 4.31 Å². The third-order valence-corrected chi connectivity index (χ3v) is 4.71. The van der Waals surface area contributed by atoms with E-state index in [1.807, 2.05) is 0 Å². The predicted molar refractivity (Wildman–Crippen MR) is 67.5 cm³/mol. The zero-order chi connectivity index (χ0) is 13.9. The summed E-state index contributed by atoms with van der Waals surface area (Å²) >= 11 is 0. The predicted octanol–water partition coefficient (Wildman–Crippen LogP) is 1.14. The first-order valence-corrected chi connectivity index (χ1v) is 7.57. The van der Waals surface area contributed by atoms with E-state index < -0.39 is 10.0 Å². The molecule has 1 saturated carbocycles. The maximum Gasteiger partial charge on any atom is 0.276 e. The normalized spacial score (nSPS) is 15.9. The molecule has 0 unspecified atom stereocenters. The quantitative estimate of drug-likeness (QED) is 0.529. The summed E-state index contributed by atoms with van der Waals surface area (Å²) in [6.45, 7) is 1.31. The molecule has 1 heterocycles. The molecule has 106 valence electrons. The van der Waals surface area contributed by atoms with Crippen LogP contribution in [-0.4, -0.2) is 45.8 Å². The van der Waals surface area contributed by atoms with E-state index >= 15 is 0 Å². The number of hydrogen-bond acceptors (Lipinski definition) is 5. The number of furan rings is 1. The van der Waals surface area contributed by atoms with Gasteiger partial charge in [-0.1, -0.05) is 0 Å². The molecule has 0 amide bonds. The minimum atomic E-state index is -3.69. The van der Waals surface area contributed by atoms with Gasteiger partial charge in [-0.15, -0.1) is 0 Å². The maximum absolute atomic E-state index is 12.1. The summed E-state index contributed by atoms with van der Waals surface area (Å²) in [6.07, 6.45) is 2.88. The third kappa shape index (κ3) is 3.65. The number of ether oxygens (including phenoxy) is 1. The van der Waals surface area contributed by atoms with E-state index in [2.05, 4.69) is 0 Å². The van der Waals surface area contributed by atoms with Crippen LogP contribution in [0, 0.1) is 5.92 Å². The minimum absolute atomic E-state index is 0.00282. The Morgan fingerprint density at radius 2 is 2.21 bits per heavy atom. The molecule has 0 bridgehead atoms. The highest BCUT2D eigenvalue weighted by Crippen LogP contribution is 2.28. The Hall–Kier alpha value is -1.18. The van der Waals surface area contributed by atoms with Gasteiger partial charge in [-0.3, -0.25) is 4.79 Å². The van der Waals surface area contributed by atoms with Crippen molar-refractivity contribution in [3.8, 4) is 0 Å². The van der Waals surface area contributed by atoms with Crippen molar-refractivity contribution in [2.45, 2.75) is 17.9 Å². The maximum atomic E-state index is 12.1. The molecule has 1 fully saturated rings. The highest BCUT2D eigenvalue weighted by atomic mass is 32.2. The zero-order valence-electron chi connectivity index (χ0n) is 10.7. The van der Waals surface area contributed by atoms with Crippen LogP contribution >= 0.6 is 0 Å². The topological polar surface area (TPSA) is 76.8 Å². The van der Waals surface area contributed by atoms with Gasteiger partial charge >= 0.3 is 0 Å². The summed E-state index contributed by atoms with van der Waals surface area (Å²) in [4.78, 5) is 10.5.